The molecule has 1 aliphatic heterocycles. The molecule has 0 aliphatic carbocycles. The van der Waals surface area contributed by atoms with Gasteiger partial charge in [-0.3, -0.25) is 9.36 Å². The maximum Gasteiger partial charge on any atom is 0.338 e. The summed E-state index contributed by atoms with van der Waals surface area (Å²) in [5, 5.41) is 1.23. The summed E-state index contributed by atoms with van der Waals surface area (Å²) in [6.45, 7) is 7.62. The lowest BCUT2D eigenvalue weighted by atomic mass is 9.95. The molecule has 240 valence electrons. The molecule has 5 rings (SSSR count). The van der Waals surface area contributed by atoms with Crippen LogP contribution in [-0.2, 0) is 16.1 Å². The molecule has 1 atom stereocenters. The first kappa shape index (κ1) is 33.6. The van der Waals surface area contributed by atoms with Crippen molar-refractivity contribution in [3.05, 3.63) is 117 Å². The van der Waals surface area contributed by atoms with E-state index in [2.05, 4.69) is 4.99 Å². The highest BCUT2D eigenvalue weighted by Crippen LogP contribution is 2.37. The summed E-state index contributed by atoms with van der Waals surface area (Å²) in [4.78, 5) is 32.6. The van der Waals surface area contributed by atoms with Crippen molar-refractivity contribution < 1.29 is 23.7 Å². The summed E-state index contributed by atoms with van der Waals surface area (Å²) in [6, 6.07) is 15.0. The van der Waals surface area contributed by atoms with Crippen LogP contribution in [0.4, 0.5) is 0 Å². The zero-order chi connectivity index (χ0) is 33.1. The first-order chi connectivity index (χ1) is 22.0. The quantitative estimate of drug-likeness (QED) is 0.164. The topological polar surface area (TPSA) is 88.4 Å². The molecule has 12 heteroatoms. The van der Waals surface area contributed by atoms with E-state index < -0.39 is 12.0 Å². The van der Waals surface area contributed by atoms with Gasteiger partial charge in [0.25, 0.3) is 5.56 Å². The number of fused-ring (bicyclic) bond motifs is 1. The first-order valence-electron chi connectivity index (χ1n) is 14.4. The monoisotopic (exact) mass is 700 g/mol. The number of allylic oxidation sites excluding steroid dienone is 1. The number of esters is 1. The number of carbonyl (C=O) groups is 1. The largest absolute Gasteiger partial charge is 0.493 e. The van der Waals surface area contributed by atoms with Crippen LogP contribution in [0.5, 0.6) is 17.2 Å². The number of ether oxygens (including phenoxy) is 4. The highest BCUT2D eigenvalue weighted by molar-refractivity contribution is 7.07. The van der Waals surface area contributed by atoms with Crippen LogP contribution in [0.15, 0.2) is 75.7 Å². The number of carbonyl (C=O) groups excluding carboxylic acids is 1. The fourth-order valence-corrected chi connectivity index (χ4v) is 6.89. The van der Waals surface area contributed by atoms with E-state index in [1.807, 2.05) is 26.0 Å². The van der Waals surface area contributed by atoms with Gasteiger partial charge in [0.2, 0.25) is 0 Å². The third kappa shape index (κ3) is 7.13. The Balaban J connectivity index is 1.66. The van der Waals surface area contributed by atoms with Crippen LogP contribution in [0.25, 0.3) is 6.08 Å². The lowest BCUT2D eigenvalue weighted by molar-refractivity contribution is -0.139. The van der Waals surface area contributed by atoms with Crippen LogP contribution in [0, 0.1) is 0 Å². The Hall–Kier alpha value is -3.76. The molecule has 0 unspecified atom stereocenters. The summed E-state index contributed by atoms with van der Waals surface area (Å²) in [6.07, 6.45) is 1.57. The molecule has 0 saturated heterocycles. The van der Waals surface area contributed by atoms with Crippen molar-refractivity contribution in [2.24, 2.45) is 4.99 Å². The van der Waals surface area contributed by atoms with E-state index in [0.29, 0.717) is 53.5 Å². The Kier molecular flexibility index (Phi) is 10.5. The molecule has 3 aromatic carbocycles. The van der Waals surface area contributed by atoms with E-state index >= 15 is 0 Å². The lowest BCUT2D eigenvalue weighted by Crippen LogP contribution is -2.40. The van der Waals surface area contributed by atoms with Crippen LogP contribution in [-0.4, -0.2) is 30.4 Å². The molecule has 0 spiro atoms. The van der Waals surface area contributed by atoms with Crippen LogP contribution >= 0.6 is 46.1 Å². The van der Waals surface area contributed by atoms with Crippen LogP contribution in [0.2, 0.25) is 15.1 Å². The molecule has 1 aromatic heterocycles. The average Bonchev–Trinajstić information content (AvgIpc) is 3.29. The number of benzene rings is 3. The van der Waals surface area contributed by atoms with Gasteiger partial charge in [-0.05, 0) is 81.3 Å². The summed E-state index contributed by atoms with van der Waals surface area (Å²) >= 11 is 20.3. The third-order valence-corrected chi connectivity index (χ3v) is 8.70. The fourth-order valence-electron chi connectivity index (χ4n) is 5.08. The number of thiazole rings is 1. The van der Waals surface area contributed by atoms with E-state index in [4.69, 9.17) is 53.8 Å². The minimum Gasteiger partial charge on any atom is -0.493 e. The number of hydrogen-bond acceptors (Lipinski definition) is 8. The van der Waals surface area contributed by atoms with Gasteiger partial charge in [0.05, 0.1) is 46.7 Å². The van der Waals surface area contributed by atoms with Crippen molar-refractivity contribution >= 4 is 58.2 Å². The van der Waals surface area contributed by atoms with Crippen LogP contribution < -0.4 is 29.1 Å². The van der Waals surface area contributed by atoms with Crippen molar-refractivity contribution in [2.45, 2.75) is 46.4 Å². The predicted molar refractivity (Wildman–Crippen MR) is 181 cm³/mol. The second-order valence-electron chi connectivity index (χ2n) is 10.6. The molecule has 46 heavy (non-hydrogen) atoms. The highest BCUT2D eigenvalue weighted by Gasteiger charge is 2.34. The first-order valence-corrected chi connectivity index (χ1v) is 16.4. The van der Waals surface area contributed by atoms with Gasteiger partial charge >= 0.3 is 5.97 Å². The second kappa shape index (κ2) is 14.3. The normalized spacial score (nSPS) is 14.6. The van der Waals surface area contributed by atoms with Crippen molar-refractivity contribution in [1.82, 2.24) is 4.57 Å². The molecule has 1 aliphatic rings. The van der Waals surface area contributed by atoms with Crippen molar-refractivity contribution in [3.8, 4) is 17.2 Å². The zero-order valence-electron chi connectivity index (χ0n) is 25.7. The standard InChI is InChI=1S/C34H31Cl3N2O6S/c1-6-43-33(41)29-19(4)38-34-39(30(29)21-10-11-26(45-18(2)3)27(14-21)42-5)32(40)28(46-34)15-22-13-24(36)16-25(37)31(22)44-17-20-8-7-9-23(35)12-20/h7-16,18,30H,6,17H2,1-5H3/b28-15+/t30-/m1/s1. The summed E-state index contributed by atoms with van der Waals surface area (Å²) in [5.41, 5.74) is 2.27. The van der Waals surface area contributed by atoms with E-state index in [-0.39, 0.29) is 35.5 Å². The smallest absolute Gasteiger partial charge is 0.338 e. The number of methoxy groups -OCH3 is 1. The second-order valence-corrected chi connectivity index (χ2v) is 12.9. The molecule has 4 aromatic rings. The third-order valence-electron chi connectivity index (χ3n) is 6.98. The fraction of sp³-hybridized carbons (Fsp3) is 0.265. The number of halogens is 3. The van der Waals surface area contributed by atoms with Crippen LogP contribution in [0.3, 0.4) is 0 Å². The highest BCUT2D eigenvalue weighted by atomic mass is 35.5. The Bertz CT molecular complexity index is 2020. The predicted octanol–water partition coefficient (Wildman–Crippen LogP) is 7.13. The molecular formula is C34H31Cl3N2O6S. The molecular weight excluding hydrogens is 671 g/mol. The van der Waals surface area contributed by atoms with Gasteiger partial charge in [0.1, 0.15) is 12.4 Å². The van der Waals surface area contributed by atoms with Crippen LogP contribution in [0.1, 0.15) is 50.4 Å². The maximum absolute atomic E-state index is 14.2. The summed E-state index contributed by atoms with van der Waals surface area (Å²) in [5.74, 6) is 0.779. The van der Waals surface area contributed by atoms with Gasteiger partial charge < -0.3 is 18.9 Å². The molecule has 2 heterocycles. The molecule has 0 radical (unpaired) electrons. The van der Waals surface area contributed by atoms with E-state index in [1.54, 1.807) is 62.4 Å². The molecule has 0 N–H and O–H groups in total. The molecule has 0 bridgehead atoms. The van der Waals surface area contributed by atoms with Gasteiger partial charge in [-0.25, -0.2) is 9.79 Å². The number of rotatable bonds is 10. The molecule has 0 amide bonds. The Morgan fingerprint density at radius 3 is 2.54 bits per heavy atom. The Labute approximate surface area is 285 Å². The average molecular weight is 702 g/mol. The van der Waals surface area contributed by atoms with E-state index in [0.717, 1.165) is 5.56 Å². The summed E-state index contributed by atoms with van der Waals surface area (Å²) in [7, 11) is 1.53. The number of hydrogen-bond donors (Lipinski definition) is 0. The van der Waals surface area contributed by atoms with Gasteiger partial charge in [-0.1, -0.05) is 64.3 Å². The Morgan fingerprint density at radius 1 is 1.07 bits per heavy atom. The van der Waals surface area contributed by atoms with Crippen molar-refractivity contribution in [3.63, 3.8) is 0 Å². The maximum atomic E-state index is 14.2. The van der Waals surface area contributed by atoms with E-state index in [1.165, 1.54) is 23.0 Å². The van der Waals surface area contributed by atoms with Crippen molar-refractivity contribution in [1.29, 1.82) is 0 Å². The Morgan fingerprint density at radius 2 is 1.85 bits per heavy atom. The number of nitrogens with zero attached hydrogens (tertiary/aromatic N) is 2. The minimum absolute atomic E-state index is 0.0889. The molecule has 8 nitrogen and oxygen atoms in total. The summed E-state index contributed by atoms with van der Waals surface area (Å²) < 4.78 is 24.9. The van der Waals surface area contributed by atoms with Gasteiger partial charge in [0, 0.05) is 15.6 Å². The van der Waals surface area contributed by atoms with Gasteiger partial charge in [0.15, 0.2) is 16.3 Å². The van der Waals surface area contributed by atoms with E-state index in [9.17, 15) is 9.59 Å². The van der Waals surface area contributed by atoms with Gasteiger partial charge in [-0.2, -0.15) is 0 Å². The lowest BCUT2D eigenvalue weighted by Gasteiger charge is -2.25. The SMILES string of the molecule is CCOC(=O)C1=C(C)N=c2s/c(=C/c3cc(Cl)cc(Cl)c3OCc3cccc(Cl)c3)c(=O)n2[C@@H]1c1ccc(OC(C)C)c(OC)c1. The zero-order valence-corrected chi connectivity index (χ0v) is 28.8. The van der Waals surface area contributed by atoms with Crippen molar-refractivity contribution in [2.75, 3.05) is 13.7 Å². The van der Waals surface area contributed by atoms with Gasteiger partial charge in [-0.15, -0.1) is 0 Å². The minimum atomic E-state index is -0.846. The number of aromatic nitrogens is 1. The molecule has 0 fully saturated rings. The molecule has 0 saturated carbocycles.